The largest absolute Gasteiger partial charge is 0.506 e. The van der Waals surface area contributed by atoms with Crippen LogP contribution in [0.15, 0.2) is 60.7 Å². The van der Waals surface area contributed by atoms with Crippen LogP contribution < -0.4 is 0 Å². The van der Waals surface area contributed by atoms with E-state index in [0.29, 0.717) is 11.0 Å². The van der Waals surface area contributed by atoms with Gasteiger partial charge in [-0.05, 0) is 49.9 Å². The van der Waals surface area contributed by atoms with Gasteiger partial charge in [-0.3, -0.25) is 0 Å². The number of fused-ring (bicyclic) bond motifs is 2. The van der Waals surface area contributed by atoms with Crippen molar-refractivity contribution in [1.82, 2.24) is 9.97 Å². The maximum absolute atomic E-state index is 9.66. The number of hydrogen-bond acceptors (Lipinski definition) is 4. The smallest absolute Gasteiger partial charge is 0.141 e. The molecule has 0 atom stereocenters. The third-order valence-electron chi connectivity index (χ3n) is 5.09. The van der Waals surface area contributed by atoms with Crippen LogP contribution in [0.4, 0.5) is 0 Å². The molecule has 5 heteroatoms. The van der Waals surface area contributed by atoms with Gasteiger partial charge in [-0.1, -0.05) is 63.1 Å². The van der Waals surface area contributed by atoms with Crippen LogP contribution in [0.25, 0.3) is 21.8 Å². The van der Waals surface area contributed by atoms with Gasteiger partial charge in [-0.15, -0.1) is 0 Å². The number of pyridine rings is 2. The van der Waals surface area contributed by atoms with E-state index in [1.807, 2.05) is 48.5 Å². The zero-order chi connectivity index (χ0) is 21.3. The second kappa shape index (κ2) is 12.3. The number of unbranched alkanes of at least 4 members (excludes halogenated alkanes) is 2. The minimum Gasteiger partial charge on any atom is -0.506 e. The number of phenols is 2. The number of phenolic OH excluding ortho intramolecular Hbond substituents is 2. The summed E-state index contributed by atoms with van der Waals surface area (Å²) in [6.07, 6.45) is 6.60. The molecule has 2 aromatic heterocycles. The molecule has 0 unspecified atom stereocenters. The number of hydrogen-bond donors (Lipinski definition) is 2. The molecule has 0 aliphatic carbocycles. The molecule has 0 fully saturated rings. The molecule has 0 saturated heterocycles. The maximum atomic E-state index is 9.66. The summed E-state index contributed by atoms with van der Waals surface area (Å²) in [5.74, 6) is 0.539. The summed E-state index contributed by atoms with van der Waals surface area (Å²) < 4.78 is 0. The van der Waals surface area contributed by atoms with Crippen LogP contribution in [0.2, 0.25) is 0 Å². The SMILES string of the molecule is CCCCc1ccc2cccc(O)c2n1.CCCCc1ccc2cccc(O)c2n1.[Cu]. The Morgan fingerprint density at radius 3 is 1.42 bits per heavy atom. The Bertz CT molecular complexity index is 1030. The molecule has 0 aliphatic heterocycles. The van der Waals surface area contributed by atoms with Crippen molar-refractivity contribution in [2.45, 2.75) is 52.4 Å². The fourth-order valence-corrected chi connectivity index (χ4v) is 3.34. The monoisotopic (exact) mass is 465 g/mol. The first kappa shape index (κ1) is 24.6. The molecular formula is C26H30CuN2O2. The van der Waals surface area contributed by atoms with E-state index in [4.69, 9.17) is 0 Å². The fraction of sp³-hybridized carbons (Fsp3) is 0.308. The van der Waals surface area contributed by atoms with Crippen molar-refractivity contribution in [2.24, 2.45) is 0 Å². The maximum Gasteiger partial charge on any atom is 0.141 e. The van der Waals surface area contributed by atoms with Crippen molar-refractivity contribution < 1.29 is 27.3 Å². The normalized spacial score (nSPS) is 10.4. The third kappa shape index (κ3) is 6.68. The number of benzene rings is 2. The molecule has 2 aromatic carbocycles. The summed E-state index contributed by atoms with van der Waals surface area (Å²) in [5, 5.41) is 21.3. The number of nitrogens with zero attached hydrogens (tertiary/aromatic N) is 2. The topological polar surface area (TPSA) is 66.2 Å². The molecule has 0 amide bonds. The first-order valence-corrected chi connectivity index (χ1v) is 10.8. The van der Waals surface area contributed by atoms with Crippen LogP contribution in [0.5, 0.6) is 11.5 Å². The Hall–Kier alpha value is -2.62. The van der Waals surface area contributed by atoms with E-state index in [9.17, 15) is 10.2 Å². The van der Waals surface area contributed by atoms with Gasteiger partial charge < -0.3 is 10.2 Å². The number of aryl methyl sites for hydroxylation is 2. The zero-order valence-electron chi connectivity index (χ0n) is 18.1. The van der Waals surface area contributed by atoms with E-state index in [-0.39, 0.29) is 28.6 Å². The molecule has 0 saturated carbocycles. The van der Waals surface area contributed by atoms with E-state index < -0.39 is 0 Å². The van der Waals surface area contributed by atoms with Crippen molar-refractivity contribution in [3.8, 4) is 11.5 Å². The molecule has 167 valence electrons. The van der Waals surface area contributed by atoms with Crippen LogP contribution in [0.1, 0.15) is 50.9 Å². The summed E-state index contributed by atoms with van der Waals surface area (Å²) in [6.45, 7) is 4.33. The third-order valence-corrected chi connectivity index (χ3v) is 5.09. The van der Waals surface area contributed by atoms with E-state index in [0.717, 1.165) is 47.8 Å². The van der Waals surface area contributed by atoms with Crippen LogP contribution in [0.3, 0.4) is 0 Å². The van der Waals surface area contributed by atoms with Gasteiger partial charge in [0, 0.05) is 39.2 Å². The predicted molar refractivity (Wildman–Crippen MR) is 124 cm³/mol. The van der Waals surface area contributed by atoms with E-state index in [1.54, 1.807) is 12.1 Å². The Morgan fingerprint density at radius 2 is 1.03 bits per heavy atom. The van der Waals surface area contributed by atoms with Crippen molar-refractivity contribution in [1.29, 1.82) is 0 Å². The summed E-state index contributed by atoms with van der Waals surface area (Å²) in [5.41, 5.74) is 3.55. The average Bonchev–Trinajstić information content (AvgIpc) is 2.77. The molecule has 0 bridgehead atoms. The van der Waals surface area contributed by atoms with Gasteiger partial charge in [-0.2, -0.15) is 0 Å². The molecule has 4 nitrogen and oxygen atoms in total. The zero-order valence-corrected chi connectivity index (χ0v) is 19.0. The van der Waals surface area contributed by atoms with Gasteiger partial charge in [0.2, 0.25) is 0 Å². The molecule has 0 aliphatic rings. The molecule has 2 heterocycles. The molecule has 2 N–H and O–H groups in total. The number of aromatic nitrogens is 2. The second-order valence-corrected chi connectivity index (χ2v) is 7.51. The van der Waals surface area contributed by atoms with E-state index in [1.165, 1.54) is 12.8 Å². The second-order valence-electron chi connectivity index (χ2n) is 7.51. The number of aromatic hydroxyl groups is 2. The van der Waals surface area contributed by atoms with E-state index >= 15 is 0 Å². The van der Waals surface area contributed by atoms with Gasteiger partial charge in [0.25, 0.3) is 0 Å². The van der Waals surface area contributed by atoms with Gasteiger partial charge in [-0.25, -0.2) is 9.97 Å². The van der Waals surface area contributed by atoms with Crippen LogP contribution in [0, 0.1) is 0 Å². The Kier molecular flexibility index (Phi) is 9.77. The van der Waals surface area contributed by atoms with Crippen molar-refractivity contribution in [2.75, 3.05) is 0 Å². The fourth-order valence-electron chi connectivity index (χ4n) is 3.34. The number of para-hydroxylation sites is 2. The predicted octanol–water partition coefficient (Wildman–Crippen LogP) is 6.56. The summed E-state index contributed by atoms with van der Waals surface area (Å²) in [4.78, 5) is 8.92. The van der Waals surface area contributed by atoms with Crippen LogP contribution in [-0.2, 0) is 29.9 Å². The van der Waals surface area contributed by atoms with Gasteiger partial charge in [0.1, 0.15) is 22.5 Å². The van der Waals surface area contributed by atoms with Gasteiger partial charge >= 0.3 is 0 Å². The Balaban J connectivity index is 0.000000213. The van der Waals surface area contributed by atoms with Crippen LogP contribution >= 0.6 is 0 Å². The van der Waals surface area contributed by atoms with Gasteiger partial charge in [0.05, 0.1) is 0 Å². The van der Waals surface area contributed by atoms with Crippen molar-refractivity contribution in [3.05, 3.63) is 72.1 Å². The quantitative estimate of drug-likeness (QED) is 0.316. The summed E-state index contributed by atoms with van der Waals surface area (Å²) in [6, 6.07) is 19.1. The van der Waals surface area contributed by atoms with Crippen molar-refractivity contribution >= 4 is 21.8 Å². The first-order valence-electron chi connectivity index (χ1n) is 10.8. The molecule has 4 aromatic rings. The summed E-state index contributed by atoms with van der Waals surface area (Å²) in [7, 11) is 0. The van der Waals surface area contributed by atoms with Crippen molar-refractivity contribution in [3.63, 3.8) is 0 Å². The summed E-state index contributed by atoms with van der Waals surface area (Å²) >= 11 is 0. The Labute approximate surface area is 194 Å². The molecule has 4 rings (SSSR count). The minimum atomic E-state index is 0. The number of rotatable bonds is 6. The van der Waals surface area contributed by atoms with E-state index in [2.05, 4.69) is 23.8 Å². The van der Waals surface area contributed by atoms with Gasteiger partial charge in [0.15, 0.2) is 0 Å². The first-order chi connectivity index (χ1) is 14.6. The Morgan fingerprint density at radius 1 is 0.613 bits per heavy atom. The molecule has 0 spiro atoms. The molecule has 31 heavy (non-hydrogen) atoms. The molecule has 1 radical (unpaired) electrons. The average molecular weight is 466 g/mol. The standard InChI is InChI=1S/2C13H15NO.Cu/c2*1-2-3-6-11-9-8-10-5-4-7-12(15)13(10)14-11;/h2*4-5,7-9,15H,2-3,6H2,1H3;. The minimum absolute atomic E-state index is 0. The van der Waals surface area contributed by atoms with Crippen LogP contribution in [-0.4, -0.2) is 20.2 Å². The molecular weight excluding hydrogens is 436 g/mol.